The Bertz CT molecular complexity index is 495. The Kier molecular flexibility index (Phi) is 5.30. The first-order chi connectivity index (χ1) is 10.1. The fourth-order valence-electron chi connectivity index (χ4n) is 2.10. The first kappa shape index (κ1) is 15.5. The molecule has 1 aromatic carbocycles. The number of carbonyl (C=O) groups excluding carboxylic acids is 2. The van der Waals surface area contributed by atoms with Crippen LogP contribution in [0.4, 0.5) is 5.69 Å². The van der Waals surface area contributed by atoms with Crippen LogP contribution in [-0.4, -0.2) is 56.1 Å². The van der Waals surface area contributed by atoms with Crippen LogP contribution in [0.25, 0.3) is 0 Å². The summed E-state index contributed by atoms with van der Waals surface area (Å²) >= 11 is 0. The summed E-state index contributed by atoms with van der Waals surface area (Å²) in [7, 11) is 1.61. The predicted molar refractivity (Wildman–Crippen MR) is 80.1 cm³/mol. The summed E-state index contributed by atoms with van der Waals surface area (Å²) in [6.07, 6.45) is -0.504. The van der Waals surface area contributed by atoms with Crippen molar-refractivity contribution in [3.05, 3.63) is 29.8 Å². The zero-order chi connectivity index (χ0) is 15.2. The number of aryl methyl sites for hydroxylation is 1. The SMILES string of the molecule is Cc1ccc(NC(=O)CN(C)C(=O)[C@H]2CNCCO2)cc1. The zero-order valence-corrected chi connectivity index (χ0v) is 12.4. The van der Waals surface area contributed by atoms with Gasteiger partial charge in [-0.05, 0) is 19.1 Å². The Hall–Kier alpha value is -1.92. The highest BCUT2D eigenvalue weighted by atomic mass is 16.5. The van der Waals surface area contributed by atoms with Crippen molar-refractivity contribution in [2.24, 2.45) is 0 Å². The first-order valence-corrected chi connectivity index (χ1v) is 7.00. The van der Waals surface area contributed by atoms with Crippen molar-refractivity contribution in [1.29, 1.82) is 0 Å². The third-order valence-corrected chi connectivity index (χ3v) is 3.30. The van der Waals surface area contributed by atoms with Crippen LogP contribution in [0.1, 0.15) is 5.56 Å². The summed E-state index contributed by atoms with van der Waals surface area (Å²) in [6, 6.07) is 7.52. The van der Waals surface area contributed by atoms with E-state index < -0.39 is 6.10 Å². The molecule has 0 aliphatic carbocycles. The van der Waals surface area contributed by atoms with E-state index in [1.165, 1.54) is 4.90 Å². The lowest BCUT2D eigenvalue weighted by molar-refractivity contribution is -0.145. The summed E-state index contributed by atoms with van der Waals surface area (Å²) in [5, 5.41) is 5.86. The molecule has 21 heavy (non-hydrogen) atoms. The molecule has 1 saturated heterocycles. The van der Waals surface area contributed by atoms with Crippen LogP contribution in [0.5, 0.6) is 0 Å². The van der Waals surface area contributed by atoms with Crippen molar-refractivity contribution in [3.8, 4) is 0 Å². The summed E-state index contributed by atoms with van der Waals surface area (Å²) in [5.74, 6) is -0.403. The van der Waals surface area contributed by atoms with Crippen LogP contribution in [0.3, 0.4) is 0 Å². The van der Waals surface area contributed by atoms with Gasteiger partial charge >= 0.3 is 0 Å². The molecule has 1 atom stereocenters. The lowest BCUT2D eigenvalue weighted by Gasteiger charge is -2.26. The van der Waals surface area contributed by atoms with E-state index in [4.69, 9.17) is 4.74 Å². The van der Waals surface area contributed by atoms with Gasteiger partial charge in [0.25, 0.3) is 5.91 Å². The highest BCUT2D eigenvalue weighted by Crippen LogP contribution is 2.08. The molecule has 6 heteroatoms. The van der Waals surface area contributed by atoms with E-state index in [1.807, 2.05) is 31.2 Å². The van der Waals surface area contributed by atoms with Gasteiger partial charge in [-0.25, -0.2) is 0 Å². The molecule has 0 radical (unpaired) electrons. The Balaban J connectivity index is 1.83. The van der Waals surface area contributed by atoms with Crippen molar-refractivity contribution in [3.63, 3.8) is 0 Å². The zero-order valence-electron chi connectivity index (χ0n) is 12.4. The monoisotopic (exact) mass is 291 g/mol. The second-order valence-electron chi connectivity index (χ2n) is 5.17. The summed E-state index contributed by atoms with van der Waals surface area (Å²) in [4.78, 5) is 25.4. The number of benzene rings is 1. The molecule has 6 nitrogen and oxygen atoms in total. The molecule has 0 unspecified atom stereocenters. The van der Waals surface area contributed by atoms with Gasteiger partial charge < -0.3 is 20.3 Å². The third kappa shape index (κ3) is 4.54. The molecule has 1 aliphatic heterocycles. The molecular weight excluding hydrogens is 270 g/mol. The van der Waals surface area contributed by atoms with E-state index in [0.717, 1.165) is 17.8 Å². The van der Waals surface area contributed by atoms with Gasteiger partial charge in [-0.2, -0.15) is 0 Å². The molecule has 0 bridgehead atoms. The van der Waals surface area contributed by atoms with Gasteiger partial charge in [0.15, 0.2) is 0 Å². The fraction of sp³-hybridized carbons (Fsp3) is 0.467. The third-order valence-electron chi connectivity index (χ3n) is 3.30. The quantitative estimate of drug-likeness (QED) is 0.841. The number of nitrogens with zero attached hydrogens (tertiary/aromatic N) is 1. The number of amides is 2. The molecule has 2 rings (SSSR count). The molecular formula is C15H21N3O3. The topological polar surface area (TPSA) is 70.7 Å². The Morgan fingerprint density at radius 1 is 1.38 bits per heavy atom. The summed E-state index contributed by atoms with van der Waals surface area (Å²) in [5.41, 5.74) is 1.85. The fourth-order valence-corrected chi connectivity index (χ4v) is 2.10. The molecule has 0 saturated carbocycles. The van der Waals surface area contributed by atoms with Crippen molar-refractivity contribution in [2.45, 2.75) is 13.0 Å². The van der Waals surface area contributed by atoms with Crippen LogP contribution in [-0.2, 0) is 14.3 Å². The Morgan fingerprint density at radius 3 is 2.71 bits per heavy atom. The van der Waals surface area contributed by atoms with Crippen LogP contribution < -0.4 is 10.6 Å². The van der Waals surface area contributed by atoms with E-state index in [0.29, 0.717) is 13.2 Å². The van der Waals surface area contributed by atoms with Crippen molar-refractivity contribution in [1.82, 2.24) is 10.2 Å². The van der Waals surface area contributed by atoms with E-state index >= 15 is 0 Å². The van der Waals surface area contributed by atoms with Gasteiger partial charge in [0.2, 0.25) is 5.91 Å². The maximum atomic E-state index is 12.1. The summed E-state index contributed by atoms with van der Waals surface area (Å²) in [6.45, 7) is 3.74. The van der Waals surface area contributed by atoms with E-state index in [2.05, 4.69) is 10.6 Å². The molecule has 0 aromatic heterocycles. The van der Waals surface area contributed by atoms with Crippen molar-refractivity contribution < 1.29 is 14.3 Å². The van der Waals surface area contributed by atoms with Gasteiger partial charge in [0, 0.05) is 25.8 Å². The second kappa shape index (κ2) is 7.19. The number of carbonyl (C=O) groups is 2. The first-order valence-electron chi connectivity index (χ1n) is 7.00. The van der Waals surface area contributed by atoms with Crippen LogP contribution in [0, 0.1) is 6.92 Å². The minimum Gasteiger partial charge on any atom is -0.366 e. The Morgan fingerprint density at radius 2 is 2.10 bits per heavy atom. The second-order valence-corrected chi connectivity index (χ2v) is 5.17. The van der Waals surface area contributed by atoms with Gasteiger partial charge in [-0.1, -0.05) is 17.7 Å². The highest BCUT2D eigenvalue weighted by Gasteiger charge is 2.25. The van der Waals surface area contributed by atoms with Crippen molar-refractivity contribution >= 4 is 17.5 Å². The number of morpholine rings is 1. The maximum Gasteiger partial charge on any atom is 0.253 e. The smallest absolute Gasteiger partial charge is 0.253 e. The highest BCUT2D eigenvalue weighted by molar-refractivity contribution is 5.95. The molecule has 114 valence electrons. The number of likely N-dealkylation sites (N-methyl/N-ethyl adjacent to an activating group) is 1. The average Bonchev–Trinajstić information content (AvgIpc) is 2.49. The molecule has 2 N–H and O–H groups in total. The molecule has 1 fully saturated rings. The molecule has 1 aliphatic rings. The normalized spacial score (nSPS) is 18.1. The van der Waals surface area contributed by atoms with Gasteiger partial charge in [-0.15, -0.1) is 0 Å². The molecule has 1 aromatic rings. The number of rotatable bonds is 4. The van der Waals surface area contributed by atoms with E-state index in [1.54, 1.807) is 7.05 Å². The maximum absolute atomic E-state index is 12.1. The van der Waals surface area contributed by atoms with Gasteiger partial charge in [-0.3, -0.25) is 9.59 Å². The lowest BCUT2D eigenvalue weighted by atomic mass is 10.2. The average molecular weight is 291 g/mol. The van der Waals surface area contributed by atoms with Crippen molar-refractivity contribution in [2.75, 3.05) is 38.6 Å². The van der Waals surface area contributed by atoms with Gasteiger partial charge in [0.1, 0.15) is 6.10 Å². The predicted octanol–water partition coefficient (Wildman–Crippen LogP) is 0.380. The van der Waals surface area contributed by atoms with E-state index in [-0.39, 0.29) is 18.4 Å². The number of nitrogens with one attached hydrogen (secondary N) is 2. The number of ether oxygens (including phenoxy) is 1. The van der Waals surface area contributed by atoms with Crippen LogP contribution >= 0.6 is 0 Å². The minimum absolute atomic E-state index is 0.00652. The molecule has 0 spiro atoms. The number of anilines is 1. The van der Waals surface area contributed by atoms with Gasteiger partial charge in [0.05, 0.1) is 13.2 Å². The lowest BCUT2D eigenvalue weighted by Crippen LogP contribution is -2.49. The molecule has 1 heterocycles. The van der Waals surface area contributed by atoms with Crippen LogP contribution in [0.2, 0.25) is 0 Å². The molecule has 2 amide bonds. The number of hydrogen-bond acceptors (Lipinski definition) is 4. The van der Waals surface area contributed by atoms with E-state index in [9.17, 15) is 9.59 Å². The summed E-state index contributed by atoms with van der Waals surface area (Å²) < 4.78 is 5.39. The largest absolute Gasteiger partial charge is 0.366 e. The number of hydrogen-bond donors (Lipinski definition) is 2. The standard InChI is InChI=1S/C15H21N3O3/c1-11-3-5-12(6-4-11)17-14(19)10-18(2)15(20)13-9-16-7-8-21-13/h3-6,13,16H,7-10H2,1-2H3,(H,17,19)/t13-/m1/s1. The van der Waals surface area contributed by atoms with Crippen LogP contribution in [0.15, 0.2) is 24.3 Å². The Labute approximate surface area is 124 Å². The minimum atomic E-state index is -0.504.